The fourth-order valence-electron chi connectivity index (χ4n) is 3.37. The van der Waals surface area contributed by atoms with Crippen LogP contribution in [-0.2, 0) is 17.7 Å². The zero-order valence-corrected chi connectivity index (χ0v) is 12.1. The lowest BCUT2D eigenvalue weighted by Crippen LogP contribution is -2.16. The van der Waals surface area contributed by atoms with Gasteiger partial charge in [-0.1, -0.05) is 0 Å². The quantitative estimate of drug-likeness (QED) is 0.938. The zero-order valence-electron chi connectivity index (χ0n) is 12.1. The fourth-order valence-corrected chi connectivity index (χ4v) is 3.37. The highest BCUT2D eigenvalue weighted by atomic mass is 16.5. The standard InChI is InChI=1S/C16H21N3O2/c1-4-15(14-6-8-21-16(14)5-1)18-12-9-17-19(10-12)11-13-3-2-7-20-13/h6,8-10,13,15,18H,1-5,7,11H2. The van der Waals surface area contributed by atoms with E-state index < -0.39 is 0 Å². The second kappa shape index (κ2) is 5.56. The van der Waals surface area contributed by atoms with Crippen LogP contribution >= 0.6 is 0 Å². The Labute approximate surface area is 124 Å². The zero-order chi connectivity index (χ0) is 14.1. The minimum Gasteiger partial charge on any atom is -0.469 e. The molecule has 2 aromatic heterocycles. The maximum atomic E-state index is 5.66. The smallest absolute Gasteiger partial charge is 0.109 e. The molecule has 112 valence electrons. The van der Waals surface area contributed by atoms with E-state index in [2.05, 4.69) is 22.7 Å². The second-order valence-corrected chi connectivity index (χ2v) is 5.97. The Morgan fingerprint density at radius 2 is 2.33 bits per heavy atom. The molecular formula is C16H21N3O2. The Hall–Kier alpha value is -1.75. The monoisotopic (exact) mass is 287 g/mol. The molecule has 0 bridgehead atoms. The number of ether oxygens (including phenoxy) is 1. The molecule has 1 saturated heterocycles. The summed E-state index contributed by atoms with van der Waals surface area (Å²) in [7, 11) is 0. The van der Waals surface area contributed by atoms with Gasteiger partial charge in [0.25, 0.3) is 0 Å². The number of fused-ring (bicyclic) bond motifs is 1. The molecule has 3 heterocycles. The van der Waals surface area contributed by atoms with E-state index in [1.54, 1.807) is 6.26 Å². The summed E-state index contributed by atoms with van der Waals surface area (Å²) in [4.78, 5) is 0. The minimum atomic E-state index is 0.327. The number of nitrogens with one attached hydrogen (secondary N) is 1. The van der Waals surface area contributed by atoms with Crippen molar-refractivity contribution < 1.29 is 9.15 Å². The van der Waals surface area contributed by atoms with Crippen LogP contribution in [0.5, 0.6) is 0 Å². The number of aromatic nitrogens is 2. The molecule has 2 aliphatic rings. The first-order valence-corrected chi connectivity index (χ1v) is 7.85. The van der Waals surface area contributed by atoms with Crippen molar-refractivity contribution in [1.82, 2.24) is 9.78 Å². The van der Waals surface area contributed by atoms with Crippen LogP contribution in [-0.4, -0.2) is 22.5 Å². The predicted molar refractivity (Wildman–Crippen MR) is 79.2 cm³/mol. The SMILES string of the molecule is c1cc2c(o1)CCCC2Nc1cnn(CC2CCCO2)c1. The lowest BCUT2D eigenvalue weighted by atomic mass is 9.93. The van der Waals surface area contributed by atoms with Crippen molar-refractivity contribution >= 4 is 5.69 Å². The number of nitrogens with zero attached hydrogens (tertiary/aromatic N) is 2. The van der Waals surface area contributed by atoms with E-state index in [0.29, 0.717) is 12.1 Å². The summed E-state index contributed by atoms with van der Waals surface area (Å²) < 4.78 is 13.2. The molecule has 0 saturated carbocycles. The molecule has 1 fully saturated rings. The molecule has 2 aromatic rings. The summed E-state index contributed by atoms with van der Waals surface area (Å²) in [5.41, 5.74) is 2.38. The summed E-state index contributed by atoms with van der Waals surface area (Å²) >= 11 is 0. The van der Waals surface area contributed by atoms with E-state index in [1.807, 2.05) is 10.9 Å². The van der Waals surface area contributed by atoms with Crippen LogP contribution in [0, 0.1) is 0 Å². The fraction of sp³-hybridized carbons (Fsp3) is 0.562. The van der Waals surface area contributed by atoms with Crippen molar-refractivity contribution in [3.8, 4) is 0 Å². The van der Waals surface area contributed by atoms with Crippen LogP contribution in [0.3, 0.4) is 0 Å². The van der Waals surface area contributed by atoms with Gasteiger partial charge in [-0.3, -0.25) is 4.68 Å². The van der Waals surface area contributed by atoms with Gasteiger partial charge in [-0.25, -0.2) is 0 Å². The lowest BCUT2D eigenvalue weighted by molar-refractivity contribution is 0.0940. The van der Waals surface area contributed by atoms with Crippen LogP contribution in [0.1, 0.15) is 43.0 Å². The summed E-state index contributed by atoms with van der Waals surface area (Å²) in [5, 5.41) is 8.02. The first kappa shape index (κ1) is 13.0. The van der Waals surface area contributed by atoms with E-state index in [1.165, 1.54) is 18.4 Å². The molecule has 1 N–H and O–H groups in total. The number of aryl methyl sites for hydroxylation is 1. The number of hydrogen-bond acceptors (Lipinski definition) is 4. The van der Waals surface area contributed by atoms with Crippen LogP contribution < -0.4 is 5.32 Å². The summed E-state index contributed by atoms with van der Waals surface area (Å²) in [6.07, 6.45) is 11.8. The molecule has 4 rings (SSSR count). The van der Waals surface area contributed by atoms with Gasteiger partial charge in [0, 0.05) is 24.8 Å². The van der Waals surface area contributed by atoms with Gasteiger partial charge in [0.05, 0.1) is 36.8 Å². The number of anilines is 1. The highest BCUT2D eigenvalue weighted by Gasteiger charge is 2.23. The highest BCUT2D eigenvalue weighted by Crippen LogP contribution is 2.33. The predicted octanol–water partition coefficient (Wildman–Crippen LogP) is 3.14. The highest BCUT2D eigenvalue weighted by molar-refractivity contribution is 5.43. The number of hydrogen-bond donors (Lipinski definition) is 1. The van der Waals surface area contributed by atoms with Crippen LogP contribution in [0.4, 0.5) is 5.69 Å². The molecule has 1 aliphatic carbocycles. The van der Waals surface area contributed by atoms with Gasteiger partial charge in [0.1, 0.15) is 5.76 Å². The Morgan fingerprint density at radius 1 is 1.33 bits per heavy atom. The largest absolute Gasteiger partial charge is 0.469 e. The van der Waals surface area contributed by atoms with Crippen LogP contribution in [0.2, 0.25) is 0 Å². The van der Waals surface area contributed by atoms with Gasteiger partial charge in [-0.2, -0.15) is 5.10 Å². The molecule has 0 aromatic carbocycles. The van der Waals surface area contributed by atoms with Crippen molar-refractivity contribution in [2.24, 2.45) is 0 Å². The summed E-state index contributed by atoms with van der Waals surface area (Å²) in [6.45, 7) is 1.74. The third-order valence-corrected chi connectivity index (χ3v) is 4.44. The normalized spacial score (nSPS) is 25.0. The van der Waals surface area contributed by atoms with Crippen molar-refractivity contribution in [3.63, 3.8) is 0 Å². The second-order valence-electron chi connectivity index (χ2n) is 5.97. The maximum Gasteiger partial charge on any atom is 0.109 e. The van der Waals surface area contributed by atoms with Gasteiger partial charge in [0.15, 0.2) is 0 Å². The lowest BCUT2D eigenvalue weighted by Gasteiger charge is -2.22. The van der Waals surface area contributed by atoms with Crippen molar-refractivity contribution in [3.05, 3.63) is 36.0 Å². The van der Waals surface area contributed by atoms with E-state index in [9.17, 15) is 0 Å². The molecule has 2 unspecified atom stereocenters. The Kier molecular flexibility index (Phi) is 3.43. The Balaban J connectivity index is 1.43. The molecule has 0 spiro atoms. The third-order valence-electron chi connectivity index (χ3n) is 4.44. The summed E-state index contributed by atoms with van der Waals surface area (Å²) in [5.74, 6) is 1.13. The average molecular weight is 287 g/mol. The van der Waals surface area contributed by atoms with E-state index >= 15 is 0 Å². The molecule has 1 aliphatic heterocycles. The molecule has 0 amide bonds. The Morgan fingerprint density at radius 3 is 3.24 bits per heavy atom. The van der Waals surface area contributed by atoms with Gasteiger partial charge in [0.2, 0.25) is 0 Å². The third kappa shape index (κ3) is 2.70. The van der Waals surface area contributed by atoms with Gasteiger partial charge >= 0.3 is 0 Å². The topological polar surface area (TPSA) is 52.2 Å². The Bertz CT molecular complexity index is 598. The molecule has 5 heteroatoms. The van der Waals surface area contributed by atoms with E-state index in [-0.39, 0.29) is 0 Å². The first-order chi connectivity index (χ1) is 10.4. The molecule has 5 nitrogen and oxygen atoms in total. The molecule has 2 atom stereocenters. The minimum absolute atomic E-state index is 0.327. The average Bonchev–Trinajstić information content (AvgIpc) is 3.21. The van der Waals surface area contributed by atoms with Gasteiger partial charge < -0.3 is 14.5 Å². The van der Waals surface area contributed by atoms with Crippen LogP contribution in [0.15, 0.2) is 29.1 Å². The molecule has 21 heavy (non-hydrogen) atoms. The molecule has 0 radical (unpaired) electrons. The van der Waals surface area contributed by atoms with Crippen molar-refractivity contribution in [2.75, 3.05) is 11.9 Å². The van der Waals surface area contributed by atoms with Crippen LogP contribution in [0.25, 0.3) is 0 Å². The molecular weight excluding hydrogens is 266 g/mol. The van der Waals surface area contributed by atoms with E-state index in [4.69, 9.17) is 9.15 Å². The maximum absolute atomic E-state index is 5.66. The van der Waals surface area contributed by atoms with Crippen molar-refractivity contribution in [1.29, 1.82) is 0 Å². The van der Waals surface area contributed by atoms with Gasteiger partial charge in [-0.05, 0) is 31.7 Å². The number of furan rings is 1. The van der Waals surface area contributed by atoms with Gasteiger partial charge in [-0.15, -0.1) is 0 Å². The first-order valence-electron chi connectivity index (χ1n) is 7.85. The van der Waals surface area contributed by atoms with Crippen molar-refractivity contribution in [2.45, 2.75) is 50.8 Å². The van der Waals surface area contributed by atoms with E-state index in [0.717, 1.165) is 43.9 Å². The number of rotatable bonds is 4. The summed E-state index contributed by atoms with van der Waals surface area (Å²) in [6, 6.07) is 2.43.